The van der Waals surface area contributed by atoms with Crippen molar-refractivity contribution < 1.29 is 18.7 Å². The number of benzene rings is 1. The Balaban J connectivity index is 1.63. The van der Waals surface area contributed by atoms with E-state index in [0.29, 0.717) is 23.8 Å². The van der Waals surface area contributed by atoms with Gasteiger partial charge in [0, 0.05) is 11.4 Å². The van der Waals surface area contributed by atoms with Gasteiger partial charge in [0.1, 0.15) is 17.9 Å². The molecular formula is C20H25BN3O3+. The monoisotopic (exact) mass is 366 g/mol. The predicted octanol–water partition coefficient (Wildman–Crippen LogP) is 3.13. The molecular weight excluding hydrogens is 341 g/mol. The van der Waals surface area contributed by atoms with E-state index in [1.54, 1.807) is 16.8 Å². The maximum Gasteiger partial charge on any atom is 0.498 e. The van der Waals surface area contributed by atoms with Gasteiger partial charge in [0.05, 0.1) is 17.8 Å². The average Bonchev–Trinajstić information content (AvgIpc) is 3.34. The van der Waals surface area contributed by atoms with Crippen LogP contribution in [0.15, 0.2) is 23.3 Å². The van der Waals surface area contributed by atoms with E-state index < -0.39 is 18.3 Å². The Morgan fingerprint density at radius 3 is 2.48 bits per heavy atom. The lowest BCUT2D eigenvalue weighted by Crippen LogP contribution is -2.41. The van der Waals surface area contributed by atoms with Crippen LogP contribution in [0.2, 0.25) is 0 Å². The van der Waals surface area contributed by atoms with Crippen molar-refractivity contribution in [2.45, 2.75) is 58.2 Å². The zero-order valence-corrected chi connectivity index (χ0v) is 16.6. The Labute approximate surface area is 160 Å². The first-order valence-corrected chi connectivity index (χ1v) is 9.42. The average molecular weight is 366 g/mol. The molecule has 4 rings (SSSR count). The number of hydrogen-bond acceptors (Lipinski definition) is 4. The first-order chi connectivity index (χ1) is 12.7. The molecule has 0 amide bonds. The second-order valence-electron chi connectivity index (χ2n) is 8.48. The normalized spacial score (nSPS) is 23.4. The SMILES string of the molecule is [C-]#[N+]c1ccc(B2OC(C)(C)C(C)(C)O2)c(OC2=[N+](C)N=C(C3CC3)C2)c1. The van der Waals surface area contributed by atoms with Crippen molar-refractivity contribution in [3.8, 4) is 5.75 Å². The topological polar surface area (TPSA) is 47.4 Å². The molecule has 140 valence electrons. The summed E-state index contributed by atoms with van der Waals surface area (Å²) in [5.74, 6) is 1.97. The molecule has 1 aliphatic carbocycles. The lowest BCUT2D eigenvalue weighted by Gasteiger charge is -2.32. The zero-order chi connectivity index (χ0) is 19.4. The molecule has 1 aromatic carbocycles. The molecule has 0 N–H and O–H groups in total. The highest BCUT2D eigenvalue weighted by Gasteiger charge is 2.52. The van der Waals surface area contributed by atoms with E-state index in [2.05, 4.69) is 9.95 Å². The van der Waals surface area contributed by atoms with Gasteiger partial charge in [0.2, 0.25) is 0 Å². The molecule has 1 aromatic rings. The van der Waals surface area contributed by atoms with E-state index in [9.17, 15) is 0 Å². The third-order valence-corrected chi connectivity index (χ3v) is 5.88. The van der Waals surface area contributed by atoms with Crippen molar-refractivity contribution in [1.29, 1.82) is 0 Å². The molecule has 0 unspecified atom stereocenters. The van der Waals surface area contributed by atoms with E-state index in [1.165, 1.54) is 18.6 Å². The van der Waals surface area contributed by atoms with Crippen LogP contribution in [0.1, 0.15) is 47.0 Å². The van der Waals surface area contributed by atoms with Gasteiger partial charge in [-0.1, -0.05) is 16.8 Å². The summed E-state index contributed by atoms with van der Waals surface area (Å²) in [4.78, 5) is 3.54. The van der Waals surface area contributed by atoms with Gasteiger partial charge < -0.3 is 14.0 Å². The Morgan fingerprint density at radius 1 is 1.22 bits per heavy atom. The second kappa shape index (κ2) is 6.18. The molecule has 0 radical (unpaired) electrons. The van der Waals surface area contributed by atoms with Crippen LogP contribution in [0.3, 0.4) is 0 Å². The summed E-state index contributed by atoms with van der Waals surface area (Å²) in [5.41, 5.74) is 1.63. The van der Waals surface area contributed by atoms with Crippen LogP contribution in [0.4, 0.5) is 5.69 Å². The Bertz CT molecular complexity index is 878. The molecule has 2 heterocycles. The number of hydrazone groups is 1. The van der Waals surface area contributed by atoms with Crippen LogP contribution in [0, 0.1) is 12.5 Å². The summed E-state index contributed by atoms with van der Waals surface area (Å²) in [6.45, 7) is 15.4. The second-order valence-corrected chi connectivity index (χ2v) is 8.48. The molecule has 0 aromatic heterocycles. The van der Waals surface area contributed by atoms with Crippen LogP contribution < -0.4 is 10.2 Å². The van der Waals surface area contributed by atoms with Crippen LogP contribution in [0.25, 0.3) is 4.85 Å². The molecule has 1 saturated carbocycles. The Morgan fingerprint density at radius 2 is 1.89 bits per heavy atom. The van der Waals surface area contributed by atoms with Gasteiger partial charge in [-0.15, -0.1) is 0 Å². The van der Waals surface area contributed by atoms with Crippen LogP contribution in [-0.2, 0) is 9.31 Å². The summed E-state index contributed by atoms with van der Waals surface area (Å²) >= 11 is 0. The van der Waals surface area contributed by atoms with E-state index in [-0.39, 0.29) is 0 Å². The van der Waals surface area contributed by atoms with Gasteiger partial charge in [-0.25, -0.2) is 4.85 Å². The van der Waals surface area contributed by atoms with E-state index >= 15 is 0 Å². The molecule has 0 atom stereocenters. The summed E-state index contributed by atoms with van der Waals surface area (Å²) < 4.78 is 20.4. The Hall–Kier alpha value is -2.17. The number of hydrogen-bond donors (Lipinski definition) is 0. The molecule has 2 fully saturated rings. The van der Waals surface area contributed by atoms with Crippen molar-refractivity contribution >= 4 is 29.9 Å². The fourth-order valence-corrected chi connectivity index (χ4v) is 3.27. The maximum atomic E-state index is 7.33. The highest BCUT2D eigenvalue weighted by atomic mass is 16.7. The summed E-state index contributed by atoms with van der Waals surface area (Å²) in [6.07, 6.45) is 3.14. The number of ether oxygens (including phenoxy) is 1. The van der Waals surface area contributed by atoms with Crippen LogP contribution >= 0.6 is 0 Å². The minimum atomic E-state index is -0.541. The molecule has 6 nitrogen and oxygen atoms in total. The van der Waals surface area contributed by atoms with Crippen molar-refractivity contribution in [1.82, 2.24) is 0 Å². The van der Waals surface area contributed by atoms with E-state index in [4.69, 9.17) is 20.6 Å². The Kier molecular flexibility index (Phi) is 4.17. The quantitative estimate of drug-likeness (QED) is 0.469. The fourth-order valence-electron chi connectivity index (χ4n) is 3.27. The van der Waals surface area contributed by atoms with E-state index in [0.717, 1.165) is 11.4 Å². The minimum absolute atomic E-state index is 0.438. The van der Waals surface area contributed by atoms with Crippen molar-refractivity contribution in [2.75, 3.05) is 7.05 Å². The minimum Gasteiger partial charge on any atom is -0.408 e. The van der Waals surface area contributed by atoms with E-state index in [1.807, 2.05) is 40.8 Å². The smallest absolute Gasteiger partial charge is 0.408 e. The molecule has 2 aliphatic heterocycles. The fraction of sp³-hybridized carbons (Fsp3) is 0.550. The molecule has 0 bridgehead atoms. The highest BCUT2D eigenvalue weighted by molar-refractivity contribution is 6.63. The highest BCUT2D eigenvalue weighted by Crippen LogP contribution is 2.38. The predicted molar refractivity (Wildman–Crippen MR) is 105 cm³/mol. The number of nitrogens with zero attached hydrogens (tertiary/aromatic N) is 3. The van der Waals surface area contributed by atoms with Crippen molar-refractivity contribution in [3.05, 3.63) is 29.6 Å². The summed E-state index contributed by atoms with van der Waals surface area (Å²) in [5, 5.41) is 4.61. The van der Waals surface area contributed by atoms with Gasteiger partial charge >= 0.3 is 13.0 Å². The van der Waals surface area contributed by atoms with Crippen molar-refractivity contribution in [3.63, 3.8) is 0 Å². The largest absolute Gasteiger partial charge is 0.498 e. The third kappa shape index (κ3) is 3.28. The summed E-state index contributed by atoms with van der Waals surface area (Å²) in [7, 11) is 1.36. The van der Waals surface area contributed by atoms with Gasteiger partial charge in [-0.2, -0.15) is 0 Å². The van der Waals surface area contributed by atoms with Crippen molar-refractivity contribution in [2.24, 2.45) is 11.0 Å². The third-order valence-electron chi connectivity index (χ3n) is 5.88. The molecule has 0 spiro atoms. The standard InChI is InChI=1S/C20H25BN3O3/c1-19(2)20(3,4)27-21(26-19)15-10-9-14(22-5)11-17(15)25-18-12-16(13-7-8-13)23-24(18)6/h9-11,13H,7-8,12H2,1-4,6H3/q+1. The van der Waals surface area contributed by atoms with Gasteiger partial charge in [-0.05, 0) is 51.7 Å². The van der Waals surface area contributed by atoms with Gasteiger partial charge in [-0.3, -0.25) is 0 Å². The van der Waals surface area contributed by atoms with Crippen LogP contribution in [-0.4, -0.2) is 41.7 Å². The van der Waals surface area contributed by atoms with Gasteiger partial charge in [0.15, 0.2) is 12.7 Å². The zero-order valence-electron chi connectivity index (χ0n) is 16.6. The molecule has 3 aliphatic rings. The molecule has 1 saturated heterocycles. The first kappa shape index (κ1) is 18.2. The number of rotatable bonds is 3. The molecule has 27 heavy (non-hydrogen) atoms. The molecule has 7 heteroatoms. The maximum absolute atomic E-state index is 7.33. The van der Waals surface area contributed by atoms with Crippen LogP contribution in [0.5, 0.6) is 5.75 Å². The summed E-state index contributed by atoms with van der Waals surface area (Å²) in [6, 6.07) is 5.39. The lowest BCUT2D eigenvalue weighted by atomic mass is 9.78. The lowest BCUT2D eigenvalue weighted by molar-refractivity contribution is -0.506. The van der Waals surface area contributed by atoms with Gasteiger partial charge in [0.25, 0.3) is 0 Å². The first-order valence-electron chi connectivity index (χ1n) is 9.42.